The summed E-state index contributed by atoms with van der Waals surface area (Å²) in [5, 5.41) is 6.83. The van der Waals surface area contributed by atoms with E-state index in [9.17, 15) is 4.79 Å². The van der Waals surface area contributed by atoms with Gasteiger partial charge in [0.15, 0.2) is 0 Å². The predicted molar refractivity (Wildman–Crippen MR) is 108 cm³/mol. The number of nitrogens with one attached hydrogen (secondary N) is 2. The first-order valence-electron chi connectivity index (χ1n) is 8.75. The zero-order valence-corrected chi connectivity index (χ0v) is 15.5. The molecule has 0 spiro atoms. The monoisotopic (exact) mass is 370 g/mol. The van der Waals surface area contributed by atoms with Crippen molar-refractivity contribution in [1.29, 1.82) is 0 Å². The fourth-order valence-electron chi connectivity index (χ4n) is 2.93. The second-order valence-electron chi connectivity index (χ2n) is 6.39. The number of benzene rings is 2. The van der Waals surface area contributed by atoms with Gasteiger partial charge in [-0.1, -0.05) is 11.6 Å². The number of hydrogen-bond acceptors (Lipinski definition) is 6. The Morgan fingerprint density at radius 3 is 2.57 bits per heavy atom. The van der Waals surface area contributed by atoms with Crippen molar-refractivity contribution in [2.24, 2.45) is 0 Å². The van der Waals surface area contributed by atoms with Crippen molar-refractivity contribution in [3.63, 3.8) is 0 Å². The highest BCUT2D eigenvalue weighted by molar-refractivity contribution is 5.96. The lowest BCUT2D eigenvalue weighted by molar-refractivity contribution is 0.0963. The summed E-state index contributed by atoms with van der Waals surface area (Å²) in [6.45, 7) is 2.03. The molecule has 0 unspecified atom stereocenters. The molecule has 0 atom stereocenters. The van der Waals surface area contributed by atoms with Crippen molar-refractivity contribution in [1.82, 2.24) is 25.3 Å². The average molecular weight is 370 g/mol. The van der Waals surface area contributed by atoms with Gasteiger partial charge in [-0.25, -0.2) is 19.9 Å². The third-order valence-electron chi connectivity index (χ3n) is 4.31. The van der Waals surface area contributed by atoms with Crippen molar-refractivity contribution in [3.05, 3.63) is 72.4 Å². The molecule has 2 N–H and O–H groups in total. The predicted octanol–water partition coefficient (Wildman–Crippen LogP) is 3.50. The molecule has 4 aromatic rings. The maximum atomic E-state index is 12.2. The van der Waals surface area contributed by atoms with Gasteiger partial charge in [-0.3, -0.25) is 4.79 Å². The number of amides is 1. The van der Waals surface area contributed by atoms with E-state index in [2.05, 4.69) is 30.6 Å². The normalized spacial score (nSPS) is 10.6. The Hall–Kier alpha value is -3.87. The zero-order chi connectivity index (χ0) is 19.5. The summed E-state index contributed by atoms with van der Waals surface area (Å²) in [5.74, 6) is 0.275. The molecule has 2 aromatic heterocycles. The smallest absolute Gasteiger partial charge is 0.251 e. The lowest BCUT2D eigenvalue weighted by Crippen LogP contribution is -2.18. The lowest BCUT2D eigenvalue weighted by atomic mass is 10.0. The number of aromatic nitrogens is 4. The number of carbonyl (C=O) groups is 1. The van der Waals surface area contributed by atoms with Crippen molar-refractivity contribution in [2.75, 3.05) is 12.4 Å². The van der Waals surface area contributed by atoms with Crippen LogP contribution in [0.25, 0.3) is 22.0 Å². The largest absolute Gasteiger partial charge is 0.355 e. The molecule has 7 heteroatoms. The number of anilines is 2. The van der Waals surface area contributed by atoms with Crippen LogP contribution in [0.5, 0.6) is 0 Å². The van der Waals surface area contributed by atoms with Crippen LogP contribution in [-0.4, -0.2) is 32.9 Å². The van der Waals surface area contributed by atoms with E-state index in [1.54, 1.807) is 37.8 Å². The maximum absolute atomic E-state index is 12.2. The highest BCUT2D eigenvalue weighted by Crippen LogP contribution is 2.26. The third-order valence-corrected chi connectivity index (χ3v) is 4.31. The van der Waals surface area contributed by atoms with E-state index >= 15 is 0 Å². The van der Waals surface area contributed by atoms with Gasteiger partial charge in [-0.15, -0.1) is 0 Å². The van der Waals surface area contributed by atoms with Gasteiger partial charge >= 0.3 is 0 Å². The van der Waals surface area contributed by atoms with Crippen LogP contribution in [0.15, 0.2) is 61.3 Å². The van der Waals surface area contributed by atoms with Crippen molar-refractivity contribution < 1.29 is 4.79 Å². The van der Waals surface area contributed by atoms with Crippen LogP contribution in [0.2, 0.25) is 0 Å². The molecule has 28 heavy (non-hydrogen) atoms. The summed E-state index contributed by atoms with van der Waals surface area (Å²) >= 11 is 0. The van der Waals surface area contributed by atoms with Crippen LogP contribution in [-0.2, 0) is 0 Å². The van der Waals surface area contributed by atoms with Gasteiger partial charge < -0.3 is 10.6 Å². The standard InChI is InChI=1S/C21H18N6O/c1-13-3-4-19-16(5-13)11-25-21(27-19)26-18-7-14(17-9-23-12-24-10-17)6-15(8-18)20(28)22-2/h3-12H,1-2H3,(H,22,28)(H,25,26,27). The van der Waals surface area contributed by atoms with E-state index in [-0.39, 0.29) is 5.91 Å². The summed E-state index contributed by atoms with van der Waals surface area (Å²) in [4.78, 5) is 29.3. The van der Waals surface area contributed by atoms with Crippen LogP contribution < -0.4 is 10.6 Å². The molecule has 2 heterocycles. The Labute approximate surface area is 161 Å². The van der Waals surface area contributed by atoms with E-state index in [4.69, 9.17) is 0 Å². The molecule has 0 aliphatic rings. The van der Waals surface area contributed by atoms with Gasteiger partial charge in [-0.2, -0.15) is 0 Å². The van der Waals surface area contributed by atoms with E-state index in [0.717, 1.165) is 27.6 Å². The molecule has 0 radical (unpaired) electrons. The average Bonchev–Trinajstić information content (AvgIpc) is 2.73. The third kappa shape index (κ3) is 3.64. The van der Waals surface area contributed by atoms with Gasteiger partial charge in [-0.05, 0) is 42.8 Å². The van der Waals surface area contributed by atoms with Crippen LogP contribution in [0.4, 0.5) is 11.6 Å². The van der Waals surface area contributed by atoms with Gasteiger partial charge in [0.05, 0.1) is 5.52 Å². The number of rotatable bonds is 4. The summed E-state index contributed by atoms with van der Waals surface area (Å²) in [6.07, 6.45) is 6.66. The molecule has 138 valence electrons. The molecule has 1 amide bonds. The molecular weight excluding hydrogens is 352 g/mol. The highest BCUT2D eigenvalue weighted by atomic mass is 16.1. The molecule has 0 fully saturated rings. The summed E-state index contributed by atoms with van der Waals surface area (Å²) in [6, 6.07) is 11.5. The number of aryl methyl sites for hydroxylation is 1. The minimum absolute atomic E-state index is 0.184. The molecule has 7 nitrogen and oxygen atoms in total. The van der Waals surface area contributed by atoms with E-state index < -0.39 is 0 Å². The Morgan fingerprint density at radius 1 is 0.964 bits per heavy atom. The molecule has 0 aliphatic heterocycles. The fraction of sp³-hybridized carbons (Fsp3) is 0.0952. The van der Waals surface area contributed by atoms with Crippen LogP contribution in [0.3, 0.4) is 0 Å². The molecule has 4 rings (SSSR count). The van der Waals surface area contributed by atoms with Crippen molar-refractivity contribution in [3.8, 4) is 11.1 Å². The minimum Gasteiger partial charge on any atom is -0.355 e. The summed E-state index contributed by atoms with van der Waals surface area (Å²) in [5.41, 5.74) is 4.85. The number of carbonyl (C=O) groups excluding carboxylic acids is 1. The second kappa shape index (κ2) is 7.40. The molecule has 0 aliphatic carbocycles. The Kier molecular flexibility index (Phi) is 4.63. The number of nitrogens with zero attached hydrogens (tertiary/aromatic N) is 4. The summed E-state index contributed by atoms with van der Waals surface area (Å²) < 4.78 is 0. The molecule has 0 bridgehead atoms. The van der Waals surface area contributed by atoms with Crippen LogP contribution >= 0.6 is 0 Å². The van der Waals surface area contributed by atoms with E-state index in [1.807, 2.05) is 31.2 Å². The van der Waals surface area contributed by atoms with Gasteiger partial charge in [0.1, 0.15) is 6.33 Å². The maximum Gasteiger partial charge on any atom is 0.251 e. The van der Waals surface area contributed by atoms with E-state index in [0.29, 0.717) is 17.2 Å². The Morgan fingerprint density at radius 2 is 1.79 bits per heavy atom. The van der Waals surface area contributed by atoms with Gasteiger partial charge in [0.25, 0.3) is 5.91 Å². The van der Waals surface area contributed by atoms with Crippen LogP contribution in [0, 0.1) is 6.92 Å². The second-order valence-corrected chi connectivity index (χ2v) is 6.39. The first-order chi connectivity index (χ1) is 13.6. The lowest BCUT2D eigenvalue weighted by Gasteiger charge is -2.11. The summed E-state index contributed by atoms with van der Waals surface area (Å²) in [7, 11) is 1.60. The van der Waals surface area contributed by atoms with Crippen molar-refractivity contribution in [2.45, 2.75) is 6.92 Å². The van der Waals surface area contributed by atoms with E-state index in [1.165, 1.54) is 6.33 Å². The number of fused-ring (bicyclic) bond motifs is 1. The molecule has 0 saturated heterocycles. The first-order valence-corrected chi connectivity index (χ1v) is 8.75. The van der Waals surface area contributed by atoms with Gasteiger partial charge in [0, 0.05) is 47.8 Å². The van der Waals surface area contributed by atoms with Crippen LogP contribution in [0.1, 0.15) is 15.9 Å². The zero-order valence-electron chi connectivity index (χ0n) is 15.5. The van der Waals surface area contributed by atoms with Crippen molar-refractivity contribution >= 4 is 28.4 Å². The first kappa shape index (κ1) is 17.5. The van der Waals surface area contributed by atoms with Gasteiger partial charge in [0.2, 0.25) is 5.95 Å². The molecular formula is C21H18N6O. The fourth-order valence-corrected chi connectivity index (χ4v) is 2.93. The number of hydrogen-bond donors (Lipinski definition) is 2. The molecule has 2 aromatic carbocycles. The Balaban J connectivity index is 1.74. The Bertz CT molecular complexity index is 1160. The highest BCUT2D eigenvalue weighted by Gasteiger charge is 2.10. The topological polar surface area (TPSA) is 92.7 Å². The quantitative estimate of drug-likeness (QED) is 0.571. The minimum atomic E-state index is -0.184. The SMILES string of the molecule is CNC(=O)c1cc(Nc2ncc3cc(C)ccc3n2)cc(-c2cncnc2)c1. The molecule has 0 saturated carbocycles.